The maximum Gasteiger partial charge on any atom is 0.407 e. The molecule has 1 N–H and O–H groups in total. The molecule has 2 heterocycles. The molecule has 0 bridgehead atoms. The van der Waals surface area contributed by atoms with Crippen molar-refractivity contribution in [2.45, 2.75) is 44.8 Å². The Bertz CT molecular complexity index is 272. The van der Waals surface area contributed by atoms with Crippen molar-refractivity contribution in [3.05, 3.63) is 0 Å². The first-order chi connectivity index (χ1) is 6.91. The van der Waals surface area contributed by atoms with Crippen LogP contribution in [0.4, 0.5) is 4.79 Å². The predicted molar refractivity (Wildman–Crippen MR) is 57.8 cm³/mol. The van der Waals surface area contributed by atoms with Gasteiger partial charge in [0.05, 0.1) is 6.54 Å². The lowest BCUT2D eigenvalue weighted by Crippen LogP contribution is -2.56. The maximum absolute atomic E-state index is 11.1. The van der Waals surface area contributed by atoms with E-state index in [0.29, 0.717) is 6.54 Å². The number of piperidine rings is 1. The van der Waals surface area contributed by atoms with E-state index in [4.69, 9.17) is 4.74 Å². The van der Waals surface area contributed by atoms with Crippen molar-refractivity contribution >= 4 is 6.09 Å². The van der Waals surface area contributed by atoms with Crippen LogP contribution in [0.3, 0.4) is 0 Å². The molecule has 0 aromatic carbocycles. The van der Waals surface area contributed by atoms with Crippen LogP contribution >= 0.6 is 0 Å². The average Bonchev–Trinajstić information content (AvgIpc) is 2.46. The summed E-state index contributed by atoms with van der Waals surface area (Å²) in [5.74, 6) is 0. The molecule has 0 saturated carbocycles. The number of carbonyl (C=O) groups is 1. The average molecular weight is 212 g/mol. The molecule has 1 atom stereocenters. The fourth-order valence-corrected chi connectivity index (χ4v) is 2.40. The Morgan fingerprint density at radius 2 is 2.20 bits per heavy atom. The highest BCUT2D eigenvalue weighted by molar-refractivity contribution is 5.70. The van der Waals surface area contributed by atoms with E-state index in [1.165, 1.54) is 0 Å². The zero-order chi connectivity index (χ0) is 11.1. The van der Waals surface area contributed by atoms with Crippen molar-refractivity contribution in [1.29, 1.82) is 0 Å². The fraction of sp³-hybridized carbons (Fsp3) is 0.909. The Morgan fingerprint density at radius 3 is 2.73 bits per heavy atom. The zero-order valence-corrected chi connectivity index (χ0v) is 9.80. The number of ether oxygens (including phenoxy) is 1. The van der Waals surface area contributed by atoms with Crippen LogP contribution in [0, 0.1) is 0 Å². The number of hydrogen-bond acceptors (Lipinski definition) is 3. The van der Waals surface area contributed by atoms with E-state index in [0.717, 1.165) is 25.9 Å². The molecule has 1 spiro atoms. The standard InChI is InChI=1S/C11H20N2O2/c1-10(2,3)13-6-4-5-11(8-13)7-12-9(14)15-11/h4-8H2,1-3H3,(H,12,14)/t11-/m1/s1. The van der Waals surface area contributed by atoms with Gasteiger partial charge in [0.2, 0.25) is 0 Å². The Labute approximate surface area is 91.0 Å². The molecule has 0 aromatic rings. The highest BCUT2D eigenvalue weighted by atomic mass is 16.6. The topological polar surface area (TPSA) is 41.6 Å². The van der Waals surface area contributed by atoms with Crippen molar-refractivity contribution < 1.29 is 9.53 Å². The van der Waals surface area contributed by atoms with E-state index in [1.54, 1.807) is 0 Å². The number of nitrogens with one attached hydrogen (secondary N) is 1. The zero-order valence-electron chi connectivity index (χ0n) is 9.80. The lowest BCUT2D eigenvalue weighted by molar-refractivity contribution is -0.0372. The third-order valence-corrected chi connectivity index (χ3v) is 3.35. The fourth-order valence-electron chi connectivity index (χ4n) is 2.40. The lowest BCUT2D eigenvalue weighted by Gasteiger charge is -2.44. The molecule has 86 valence electrons. The number of amides is 1. The molecule has 15 heavy (non-hydrogen) atoms. The molecule has 2 fully saturated rings. The Balaban J connectivity index is 2.07. The van der Waals surface area contributed by atoms with Crippen LogP contribution in [0.2, 0.25) is 0 Å². The van der Waals surface area contributed by atoms with Crippen molar-refractivity contribution in [3.8, 4) is 0 Å². The molecular formula is C11H20N2O2. The smallest absolute Gasteiger partial charge is 0.407 e. The summed E-state index contributed by atoms with van der Waals surface area (Å²) in [5, 5.41) is 2.76. The number of alkyl carbamates (subject to hydrolysis) is 1. The monoisotopic (exact) mass is 212 g/mol. The van der Waals surface area contributed by atoms with Gasteiger partial charge in [0.1, 0.15) is 5.60 Å². The summed E-state index contributed by atoms with van der Waals surface area (Å²) in [5.41, 5.74) is -0.106. The third-order valence-electron chi connectivity index (χ3n) is 3.35. The third kappa shape index (κ3) is 2.09. The Hall–Kier alpha value is -0.770. The largest absolute Gasteiger partial charge is 0.440 e. The van der Waals surface area contributed by atoms with Gasteiger partial charge in [-0.2, -0.15) is 0 Å². The Morgan fingerprint density at radius 1 is 1.47 bits per heavy atom. The predicted octanol–water partition coefficient (Wildman–Crippen LogP) is 1.36. The molecule has 2 aliphatic rings. The second kappa shape index (κ2) is 3.37. The van der Waals surface area contributed by atoms with Crippen LogP contribution in [0.15, 0.2) is 0 Å². The SMILES string of the molecule is CC(C)(C)N1CCC[C@@]2(CNC(=O)O2)C1. The molecule has 0 aliphatic carbocycles. The van der Waals surface area contributed by atoms with Gasteiger partial charge in [0, 0.05) is 12.1 Å². The van der Waals surface area contributed by atoms with Crippen LogP contribution in [-0.2, 0) is 4.74 Å². The summed E-state index contributed by atoms with van der Waals surface area (Å²) in [6.07, 6.45) is 1.83. The first kappa shape index (κ1) is 10.7. The molecule has 0 aromatic heterocycles. The van der Waals surface area contributed by atoms with E-state index < -0.39 is 0 Å². The van der Waals surface area contributed by atoms with Crippen LogP contribution in [0.5, 0.6) is 0 Å². The van der Waals surface area contributed by atoms with E-state index >= 15 is 0 Å². The number of rotatable bonds is 0. The van der Waals surface area contributed by atoms with Crippen LogP contribution in [-0.4, -0.2) is 41.8 Å². The van der Waals surface area contributed by atoms with Crippen molar-refractivity contribution in [2.24, 2.45) is 0 Å². The van der Waals surface area contributed by atoms with Gasteiger partial charge in [-0.1, -0.05) is 0 Å². The van der Waals surface area contributed by atoms with E-state index in [-0.39, 0.29) is 17.2 Å². The molecule has 2 aliphatic heterocycles. The second-order valence-electron chi connectivity index (χ2n) is 5.62. The number of hydrogen-bond donors (Lipinski definition) is 1. The van der Waals surface area contributed by atoms with Gasteiger partial charge in [-0.15, -0.1) is 0 Å². The molecule has 4 nitrogen and oxygen atoms in total. The summed E-state index contributed by atoms with van der Waals surface area (Å²) < 4.78 is 5.42. The molecule has 0 unspecified atom stereocenters. The summed E-state index contributed by atoms with van der Waals surface area (Å²) in [7, 11) is 0. The first-order valence-electron chi connectivity index (χ1n) is 5.63. The van der Waals surface area contributed by atoms with E-state index in [9.17, 15) is 4.79 Å². The van der Waals surface area contributed by atoms with Gasteiger partial charge >= 0.3 is 6.09 Å². The van der Waals surface area contributed by atoms with E-state index in [1.807, 2.05) is 0 Å². The van der Waals surface area contributed by atoms with Gasteiger partial charge in [-0.05, 0) is 40.2 Å². The van der Waals surface area contributed by atoms with Crippen molar-refractivity contribution in [2.75, 3.05) is 19.6 Å². The lowest BCUT2D eigenvalue weighted by atomic mass is 9.90. The summed E-state index contributed by atoms with van der Waals surface area (Å²) in [4.78, 5) is 13.5. The molecular weight excluding hydrogens is 192 g/mol. The quantitative estimate of drug-likeness (QED) is 0.659. The highest BCUT2D eigenvalue weighted by Gasteiger charge is 2.45. The first-order valence-corrected chi connectivity index (χ1v) is 5.63. The molecule has 2 rings (SSSR count). The minimum Gasteiger partial charge on any atom is -0.440 e. The molecule has 0 radical (unpaired) electrons. The van der Waals surface area contributed by atoms with Crippen molar-refractivity contribution in [1.82, 2.24) is 10.2 Å². The normalized spacial score (nSPS) is 32.9. The minimum atomic E-state index is -0.261. The van der Waals surface area contributed by atoms with Gasteiger partial charge in [-0.3, -0.25) is 4.90 Å². The number of nitrogens with zero attached hydrogens (tertiary/aromatic N) is 1. The van der Waals surface area contributed by atoms with Crippen LogP contribution in [0.1, 0.15) is 33.6 Å². The maximum atomic E-state index is 11.1. The van der Waals surface area contributed by atoms with Crippen LogP contribution in [0.25, 0.3) is 0 Å². The van der Waals surface area contributed by atoms with E-state index in [2.05, 4.69) is 31.0 Å². The summed E-state index contributed by atoms with van der Waals surface area (Å²) >= 11 is 0. The summed E-state index contributed by atoms with van der Waals surface area (Å²) in [6.45, 7) is 9.24. The Kier molecular flexibility index (Phi) is 2.41. The second-order valence-corrected chi connectivity index (χ2v) is 5.62. The van der Waals surface area contributed by atoms with Gasteiger partial charge in [0.25, 0.3) is 0 Å². The van der Waals surface area contributed by atoms with Gasteiger partial charge in [0.15, 0.2) is 0 Å². The van der Waals surface area contributed by atoms with Crippen molar-refractivity contribution in [3.63, 3.8) is 0 Å². The molecule has 1 amide bonds. The minimum absolute atomic E-state index is 0.155. The number of likely N-dealkylation sites (tertiary alicyclic amines) is 1. The number of carbonyl (C=O) groups excluding carboxylic acids is 1. The summed E-state index contributed by atoms with van der Waals surface area (Å²) in [6, 6.07) is 0. The van der Waals surface area contributed by atoms with Crippen LogP contribution < -0.4 is 5.32 Å². The molecule has 4 heteroatoms. The molecule has 2 saturated heterocycles. The van der Waals surface area contributed by atoms with Gasteiger partial charge in [-0.25, -0.2) is 4.79 Å². The van der Waals surface area contributed by atoms with Gasteiger partial charge < -0.3 is 10.1 Å². The highest BCUT2D eigenvalue weighted by Crippen LogP contribution is 2.31.